The lowest BCUT2D eigenvalue weighted by molar-refractivity contribution is -0.221. The van der Waals surface area contributed by atoms with Crippen LogP contribution in [0.15, 0.2) is 0 Å². The van der Waals surface area contributed by atoms with Crippen LogP contribution in [0, 0.1) is 46.8 Å². The average molecular weight is 481 g/mol. The first-order valence-corrected chi connectivity index (χ1v) is 13.4. The topological polar surface area (TPSA) is 61.8 Å². The molecule has 8 rings (SSSR count). The molecule has 0 aromatic carbocycles. The molecule has 5 nitrogen and oxygen atoms in total. The van der Waals surface area contributed by atoms with Crippen LogP contribution in [0.2, 0.25) is 0 Å². The highest BCUT2D eigenvalue weighted by atomic mass is 19.3. The quantitative estimate of drug-likeness (QED) is 0.261. The molecule has 7 heteroatoms. The van der Waals surface area contributed by atoms with Gasteiger partial charge in [0, 0.05) is 6.92 Å². The summed E-state index contributed by atoms with van der Waals surface area (Å²) in [6.07, 6.45) is 11.6. The third-order valence-electron chi connectivity index (χ3n) is 10.4. The van der Waals surface area contributed by atoms with Gasteiger partial charge in [0.05, 0.1) is 13.0 Å². The van der Waals surface area contributed by atoms with Gasteiger partial charge in [-0.1, -0.05) is 0 Å². The highest BCUT2D eigenvalue weighted by Crippen LogP contribution is 2.64. The number of ether oxygens (including phenoxy) is 3. The number of carbonyl (C=O) groups is 2. The molecule has 8 aliphatic carbocycles. The van der Waals surface area contributed by atoms with Crippen LogP contribution in [0.4, 0.5) is 8.78 Å². The standard InChI is InChI=1S/C27H38F2O5/c1-25(28,29)24(31)34-27-10-18-3-19(11-27)9-26(8-18,14-27)12-23(30)33-15-32-13-22-20-4-16-2-17(6-20)7-21(22)5-16/h16-22H,2-15H2,1H3. The van der Waals surface area contributed by atoms with E-state index in [1.54, 1.807) is 0 Å². The molecule has 2 atom stereocenters. The van der Waals surface area contributed by atoms with Crippen molar-refractivity contribution in [1.29, 1.82) is 0 Å². The van der Waals surface area contributed by atoms with Gasteiger partial charge in [-0.15, -0.1) is 0 Å². The van der Waals surface area contributed by atoms with Crippen molar-refractivity contribution in [2.75, 3.05) is 13.4 Å². The Kier molecular flexibility index (Phi) is 5.55. The fraction of sp³-hybridized carbons (Fsp3) is 0.926. The second kappa shape index (κ2) is 8.14. The molecule has 0 saturated heterocycles. The molecule has 0 aromatic heterocycles. The molecule has 0 amide bonds. The van der Waals surface area contributed by atoms with Gasteiger partial charge in [0.2, 0.25) is 0 Å². The second-order valence-corrected chi connectivity index (χ2v) is 13.2. The van der Waals surface area contributed by atoms with Gasteiger partial charge in [-0.25, -0.2) is 4.79 Å². The van der Waals surface area contributed by atoms with Crippen molar-refractivity contribution in [2.45, 2.75) is 95.5 Å². The second-order valence-electron chi connectivity index (χ2n) is 13.2. The van der Waals surface area contributed by atoms with Crippen molar-refractivity contribution in [3.05, 3.63) is 0 Å². The SMILES string of the molecule is CC(F)(F)C(=O)OC12CC3CC(CC(CC(=O)OCOCC4C5CC6CC(C5)CC4C6)(C3)C1)C2. The van der Waals surface area contributed by atoms with Crippen molar-refractivity contribution < 1.29 is 32.6 Å². The minimum absolute atomic E-state index is 0.00719. The van der Waals surface area contributed by atoms with E-state index in [9.17, 15) is 18.4 Å². The van der Waals surface area contributed by atoms with Crippen LogP contribution < -0.4 is 0 Å². The average Bonchev–Trinajstić information content (AvgIpc) is 2.69. The Hall–Kier alpha value is -1.24. The number of halogens is 2. The van der Waals surface area contributed by atoms with Crippen molar-refractivity contribution in [2.24, 2.45) is 46.8 Å². The molecule has 8 saturated carbocycles. The number of hydrogen-bond acceptors (Lipinski definition) is 5. The van der Waals surface area contributed by atoms with Gasteiger partial charge in [0.1, 0.15) is 5.60 Å². The zero-order valence-electron chi connectivity index (χ0n) is 20.2. The molecule has 0 spiro atoms. The van der Waals surface area contributed by atoms with Crippen LogP contribution in [-0.2, 0) is 23.8 Å². The van der Waals surface area contributed by atoms with Crippen LogP contribution in [0.25, 0.3) is 0 Å². The number of hydrogen-bond donors (Lipinski definition) is 0. The third-order valence-corrected chi connectivity index (χ3v) is 10.4. The van der Waals surface area contributed by atoms with E-state index in [4.69, 9.17) is 14.2 Å². The Bertz CT molecular complexity index is 793. The fourth-order valence-corrected chi connectivity index (χ4v) is 9.94. The number of carbonyl (C=O) groups excluding carboxylic acids is 2. The van der Waals surface area contributed by atoms with E-state index in [-0.39, 0.29) is 24.6 Å². The minimum Gasteiger partial charge on any atom is -0.455 e. The lowest BCUT2D eigenvalue weighted by Crippen LogP contribution is -2.58. The summed E-state index contributed by atoms with van der Waals surface area (Å²) < 4.78 is 43.9. The van der Waals surface area contributed by atoms with E-state index in [0.717, 1.165) is 42.9 Å². The Balaban J connectivity index is 1.01. The van der Waals surface area contributed by atoms with Crippen LogP contribution in [0.3, 0.4) is 0 Å². The Morgan fingerprint density at radius 1 is 0.882 bits per heavy atom. The van der Waals surface area contributed by atoms with Gasteiger partial charge in [-0.05, 0) is 117 Å². The maximum absolute atomic E-state index is 13.5. The van der Waals surface area contributed by atoms with Gasteiger partial charge >= 0.3 is 17.9 Å². The lowest BCUT2D eigenvalue weighted by atomic mass is 9.47. The Morgan fingerprint density at radius 3 is 2.06 bits per heavy atom. The molecule has 2 unspecified atom stereocenters. The first-order chi connectivity index (χ1) is 16.1. The van der Waals surface area contributed by atoms with Crippen molar-refractivity contribution in [3.8, 4) is 0 Å². The van der Waals surface area contributed by atoms with Crippen LogP contribution >= 0.6 is 0 Å². The summed E-state index contributed by atoms with van der Waals surface area (Å²) in [6, 6.07) is 0. The molecular formula is C27H38F2O5. The molecule has 190 valence electrons. The summed E-state index contributed by atoms with van der Waals surface area (Å²) in [7, 11) is 0. The van der Waals surface area contributed by atoms with Crippen molar-refractivity contribution in [3.63, 3.8) is 0 Å². The molecule has 8 fully saturated rings. The summed E-state index contributed by atoms with van der Waals surface area (Å²) in [4.78, 5) is 24.8. The van der Waals surface area contributed by atoms with Crippen LogP contribution in [0.1, 0.15) is 84.0 Å². The monoisotopic (exact) mass is 480 g/mol. The summed E-state index contributed by atoms with van der Waals surface area (Å²) in [5, 5.41) is 0. The number of alkyl halides is 2. The first-order valence-electron chi connectivity index (χ1n) is 13.4. The van der Waals surface area contributed by atoms with Gasteiger partial charge < -0.3 is 14.2 Å². The van der Waals surface area contributed by atoms with Gasteiger partial charge in [0.15, 0.2) is 6.79 Å². The van der Waals surface area contributed by atoms with E-state index < -0.39 is 17.5 Å². The number of rotatable bonds is 8. The number of esters is 2. The van der Waals surface area contributed by atoms with E-state index >= 15 is 0 Å². The molecule has 8 bridgehead atoms. The normalized spacial score (nSPS) is 46.0. The zero-order valence-corrected chi connectivity index (χ0v) is 20.2. The lowest BCUT2D eigenvalue weighted by Gasteiger charge is -2.61. The molecular weight excluding hydrogens is 442 g/mol. The first kappa shape index (κ1) is 23.2. The largest absolute Gasteiger partial charge is 0.455 e. The summed E-state index contributed by atoms with van der Waals surface area (Å²) in [5.41, 5.74) is -1.16. The minimum atomic E-state index is -3.50. The summed E-state index contributed by atoms with van der Waals surface area (Å²) >= 11 is 0. The Labute approximate surface area is 200 Å². The van der Waals surface area contributed by atoms with E-state index in [0.29, 0.717) is 50.5 Å². The third kappa shape index (κ3) is 4.28. The Morgan fingerprint density at radius 2 is 1.47 bits per heavy atom. The maximum Gasteiger partial charge on any atom is 0.377 e. The summed E-state index contributed by atoms with van der Waals surface area (Å²) in [5.74, 6) is -0.529. The van der Waals surface area contributed by atoms with Crippen LogP contribution in [-0.4, -0.2) is 36.9 Å². The molecule has 0 radical (unpaired) electrons. The molecule has 0 aliphatic heterocycles. The van der Waals surface area contributed by atoms with Crippen molar-refractivity contribution >= 4 is 11.9 Å². The molecule has 0 aromatic rings. The zero-order chi connectivity index (χ0) is 23.7. The molecule has 34 heavy (non-hydrogen) atoms. The van der Waals surface area contributed by atoms with E-state index in [1.807, 2.05) is 0 Å². The smallest absolute Gasteiger partial charge is 0.377 e. The highest BCUT2D eigenvalue weighted by molar-refractivity contribution is 5.77. The van der Waals surface area contributed by atoms with Gasteiger partial charge in [0.25, 0.3) is 0 Å². The predicted molar refractivity (Wildman–Crippen MR) is 119 cm³/mol. The fourth-order valence-electron chi connectivity index (χ4n) is 9.94. The van der Waals surface area contributed by atoms with E-state index in [2.05, 4.69) is 0 Å². The van der Waals surface area contributed by atoms with Gasteiger partial charge in [-0.2, -0.15) is 8.78 Å². The van der Waals surface area contributed by atoms with Crippen LogP contribution in [0.5, 0.6) is 0 Å². The van der Waals surface area contributed by atoms with E-state index in [1.165, 1.54) is 32.1 Å². The van der Waals surface area contributed by atoms with Crippen molar-refractivity contribution in [1.82, 2.24) is 0 Å². The van der Waals surface area contributed by atoms with Gasteiger partial charge in [-0.3, -0.25) is 4.79 Å². The predicted octanol–water partition coefficient (Wildman–Crippen LogP) is 5.50. The molecule has 0 heterocycles. The molecule has 8 aliphatic rings. The highest BCUT2D eigenvalue weighted by Gasteiger charge is 2.61. The summed E-state index contributed by atoms with van der Waals surface area (Å²) in [6.45, 7) is 1.26. The molecule has 0 N–H and O–H groups in total. The maximum atomic E-state index is 13.5.